The van der Waals surface area contributed by atoms with Crippen LogP contribution in [0.1, 0.15) is 26.3 Å². The van der Waals surface area contributed by atoms with E-state index in [1.807, 2.05) is 31.1 Å². The van der Waals surface area contributed by atoms with Crippen molar-refractivity contribution in [2.24, 2.45) is 0 Å². The van der Waals surface area contributed by atoms with Gasteiger partial charge < -0.3 is 10.2 Å². The second kappa shape index (κ2) is 10.5. The summed E-state index contributed by atoms with van der Waals surface area (Å²) in [7, 11) is 3.69. The van der Waals surface area contributed by atoms with Gasteiger partial charge in [0.05, 0.1) is 4.92 Å². The van der Waals surface area contributed by atoms with Gasteiger partial charge in [0.2, 0.25) is 0 Å². The van der Waals surface area contributed by atoms with Crippen molar-refractivity contribution in [1.29, 1.82) is 0 Å². The molecule has 3 rings (SSSR count). The fraction of sp³-hybridized carbons (Fsp3) is 0.130. The lowest BCUT2D eigenvalue weighted by atomic mass is 10.1. The minimum absolute atomic E-state index is 0.0207. The summed E-state index contributed by atoms with van der Waals surface area (Å²) in [4.78, 5) is 37.6. The Morgan fingerprint density at radius 3 is 2.24 bits per heavy atom. The fourth-order valence-corrected chi connectivity index (χ4v) is 3.19. The number of hydrogen-bond acceptors (Lipinski definition) is 6. The van der Waals surface area contributed by atoms with Gasteiger partial charge in [-0.05, 0) is 42.0 Å². The van der Waals surface area contributed by atoms with E-state index in [-0.39, 0.29) is 23.5 Å². The summed E-state index contributed by atoms with van der Waals surface area (Å²) in [6.45, 7) is 0.272. The number of amides is 2. The first-order chi connectivity index (χ1) is 15.8. The first kappa shape index (κ1) is 23.6. The lowest BCUT2D eigenvalue weighted by molar-refractivity contribution is -0.384. The Balaban J connectivity index is 1.68. The van der Waals surface area contributed by atoms with Crippen molar-refractivity contribution < 1.29 is 14.5 Å². The smallest absolute Gasteiger partial charge is 0.293 e. The topological polar surface area (TPSA) is 117 Å². The number of nitro benzene ring substituents is 1. The Bertz CT molecular complexity index is 1200. The molecule has 0 aliphatic heterocycles. The summed E-state index contributed by atoms with van der Waals surface area (Å²) in [5, 5.41) is 15.1. The Morgan fingerprint density at radius 2 is 1.61 bits per heavy atom. The molecule has 0 aliphatic carbocycles. The zero-order valence-corrected chi connectivity index (χ0v) is 18.7. The third kappa shape index (κ3) is 5.98. The quantitative estimate of drug-likeness (QED) is 0.357. The molecule has 3 aromatic carbocycles. The number of nitrogens with zero attached hydrogens (tertiary/aromatic N) is 2. The number of nitro groups is 1. The first-order valence-corrected chi connectivity index (χ1v) is 10.3. The van der Waals surface area contributed by atoms with E-state index in [0.717, 1.165) is 17.3 Å². The Labute approximate surface area is 195 Å². The van der Waals surface area contributed by atoms with Crippen LogP contribution in [0, 0.1) is 10.1 Å². The fourth-order valence-electron chi connectivity index (χ4n) is 2.99. The van der Waals surface area contributed by atoms with E-state index in [0.29, 0.717) is 10.6 Å². The molecule has 3 N–H and O–H groups in total. The summed E-state index contributed by atoms with van der Waals surface area (Å²) in [6, 6.07) is 18.0. The van der Waals surface area contributed by atoms with Crippen LogP contribution < -0.4 is 21.1 Å². The van der Waals surface area contributed by atoms with Crippen LogP contribution in [0.4, 0.5) is 17.1 Å². The highest BCUT2D eigenvalue weighted by Crippen LogP contribution is 2.27. The molecular formula is C23H22ClN5O4. The van der Waals surface area contributed by atoms with Gasteiger partial charge in [-0.1, -0.05) is 35.9 Å². The van der Waals surface area contributed by atoms with E-state index < -0.39 is 16.7 Å². The maximum absolute atomic E-state index is 12.5. The summed E-state index contributed by atoms with van der Waals surface area (Å²) >= 11 is 6.12. The van der Waals surface area contributed by atoms with Gasteiger partial charge in [-0.15, -0.1) is 0 Å². The Hall–Kier alpha value is -4.11. The number of hydrogen-bond donors (Lipinski definition) is 3. The van der Waals surface area contributed by atoms with Crippen molar-refractivity contribution >= 4 is 40.5 Å². The summed E-state index contributed by atoms with van der Waals surface area (Å²) < 4.78 is 0. The maximum Gasteiger partial charge on any atom is 0.293 e. The minimum atomic E-state index is -0.687. The van der Waals surface area contributed by atoms with E-state index in [9.17, 15) is 19.7 Å². The van der Waals surface area contributed by atoms with E-state index in [4.69, 9.17) is 11.6 Å². The van der Waals surface area contributed by atoms with Crippen molar-refractivity contribution in [2.75, 3.05) is 24.3 Å². The van der Waals surface area contributed by atoms with Crippen LogP contribution in [-0.4, -0.2) is 30.8 Å². The molecule has 0 unspecified atom stereocenters. The lowest BCUT2D eigenvalue weighted by Gasteiger charge is -2.14. The number of carbonyl (C=O) groups is 2. The monoisotopic (exact) mass is 467 g/mol. The van der Waals surface area contributed by atoms with Gasteiger partial charge >= 0.3 is 0 Å². The number of benzene rings is 3. The van der Waals surface area contributed by atoms with Crippen LogP contribution in [0.15, 0.2) is 66.7 Å². The summed E-state index contributed by atoms with van der Waals surface area (Å²) in [6.07, 6.45) is 0. The zero-order chi connectivity index (χ0) is 24.0. The van der Waals surface area contributed by atoms with Crippen molar-refractivity contribution in [2.45, 2.75) is 6.54 Å². The molecule has 0 aliphatic rings. The molecule has 0 spiro atoms. The molecule has 9 nitrogen and oxygen atoms in total. The van der Waals surface area contributed by atoms with Crippen LogP contribution in [0.25, 0.3) is 0 Å². The van der Waals surface area contributed by atoms with E-state index >= 15 is 0 Å². The molecule has 33 heavy (non-hydrogen) atoms. The normalized spacial score (nSPS) is 10.3. The van der Waals surface area contributed by atoms with Crippen molar-refractivity contribution in [1.82, 2.24) is 10.9 Å². The molecular weight excluding hydrogens is 446 g/mol. The first-order valence-electron chi connectivity index (χ1n) is 9.90. The second-order valence-corrected chi connectivity index (χ2v) is 7.69. The lowest BCUT2D eigenvalue weighted by Crippen LogP contribution is -2.41. The second-order valence-electron chi connectivity index (χ2n) is 7.29. The molecule has 0 saturated carbocycles. The molecule has 0 bridgehead atoms. The minimum Gasteiger partial charge on any atom is -0.378 e. The average molecular weight is 468 g/mol. The summed E-state index contributed by atoms with van der Waals surface area (Å²) in [5.74, 6) is -1.20. The van der Waals surface area contributed by atoms with Crippen molar-refractivity contribution in [3.63, 3.8) is 0 Å². The van der Waals surface area contributed by atoms with Gasteiger partial charge in [-0.2, -0.15) is 0 Å². The molecule has 0 saturated heterocycles. The SMILES string of the molecule is CN(C)c1cccc(C(=O)NNC(=O)c2ccc(NCc3ccccc3Cl)c([N+](=O)[O-])c2)c1. The van der Waals surface area contributed by atoms with Gasteiger partial charge in [0, 0.05) is 48.5 Å². The van der Waals surface area contributed by atoms with Crippen molar-refractivity contribution in [3.05, 3.63) is 98.6 Å². The maximum atomic E-state index is 12.5. The largest absolute Gasteiger partial charge is 0.378 e. The van der Waals surface area contributed by atoms with Crippen LogP contribution in [-0.2, 0) is 6.54 Å². The van der Waals surface area contributed by atoms with E-state index in [1.165, 1.54) is 12.1 Å². The zero-order valence-electron chi connectivity index (χ0n) is 18.0. The van der Waals surface area contributed by atoms with Crippen LogP contribution in [0.2, 0.25) is 5.02 Å². The predicted molar refractivity (Wildman–Crippen MR) is 128 cm³/mol. The third-order valence-corrected chi connectivity index (χ3v) is 5.17. The third-order valence-electron chi connectivity index (χ3n) is 4.80. The van der Waals surface area contributed by atoms with Gasteiger partial charge in [0.15, 0.2) is 0 Å². The number of carbonyl (C=O) groups excluding carboxylic acids is 2. The molecule has 0 atom stereocenters. The van der Waals surface area contributed by atoms with E-state index in [2.05, 4.69) is 16.2 Å². The van der Waals surface area contributed by atoms with Crippen LogP contribution in [0.5, 0.6) is 0 Å². The van der Waals surface area contributed by atoms with E-state index in [1.54, 1.807) is 36.4 Å². The van der Waals surface area contributed by atoms with Crippen LogP contribution >= 0.6 is 11.6 Å². The van der Waals surface area contributed by atoms with Crippen molar-refractivity contribution in [3.8, 4) is 0 Å². The highest BCUT2D eigenvalue weighted by Gasteiger charge is 2.18. The molecule has 3 aromatic rings. The molecule has 10 heteroatoms. The van der Waals surface area contributed by atoms with Gasteiger partial charge in [0.25, 0.3) is 17.5 Å². The molecule has 2 amide bonds. The molecule has 0 radical (unpaired) electrons. The Kier molecular flexibility index (Phi) is 7.47. The highest BCUT2D eigenvalue weighted by molar-refractivity contribution is 6.31. The van der Waals surface area contributed by atoms with Gasteiger partial charge in [0.1, 0.15) is 5.69 Å². The van der Waals surface area contributed by atoms with Gasteiger partial charge in [-0.25, -0.2) is 0 Å². The number of anilines is 2. The number of hydrazine groups is 1. The van der Waals surface area contributed by atoms with Gasteiger partial charge in [-0.3, -0.25) is 30.6 Å². The molecule has 0 fully saturated rings. The molecule has 0 aromatic heterocycles. The molecule has 170 valence electrons. The van der Waals surface area contributed by atoms with Crippen LogP contribution in [0.3, 0.4) is 0 Å². The molecule has 0 heterocycles. The number of nitrogens with one attached hydrogen (secondary N) is 3. The Morgan fingerprint density at radius 1 is 0.939 bits per heavy atom. The predicted octanol–water partition coefficient (Wildman–Crippen LogP) is 4.00. The number of halogens is 1. The number of rotatable bonds is 7. The average Bonchev–Trinajstić information content (AvgIpc) is 2.81. The highest BCUT2D eigenvalue weighted by atomic mass is 35.5. The summed E-state index contributed by atoms with van der Waals surface area (Å²) in [5.41, 5.74) is 6.54. The standard InChI is InChI=1S/C23H22ClN5O4/c1-28(2)18-8-5-7-15(12-18)22(30)26-27-23(31)16-10-11-20(21(13-16)29(32)33)25-14-17-6-3-4-9-19(17)24/h3-13,25H,14H2,1-2H3,(H,26,30)(H,27,31).